The molecule has 2 fully saturated rings. The molecule has 0 bridgehead atoms. The normalized spacial score (nSPS) is 22.1. The van der Waals surface area contributed by atoms with Gasteiger partial charge >= 0.3 is 0 Å². The molecule has 5 nitrogen and oxygen atoms in total. The molecule has 2 aromatic heterocycles. The van der Waals surface area contributed by atoms with Gasteiger partial charge in [-0.1, -0.05) is 0 Å². The van der Waals surface area contributed by atoms with Gasteiger partial charge in [0.25, 0.3) is 0 Å². The van der Waals surface area contributed by atoms with Crippen molar-refractivity contribution in [3.8, 4) is 0 Å². The molecule has 0 spiro atoms. The predicted molar refractivity (Wildman–Crippen MR) is 79.9 cm³/mol. The summed E-state index contributed by atoms with van der Waals surface area (Å²) >= 11 is 0. The average Bonchev–Trinajstić information content (AvgIpc) is 3.12. The van der Waals surface area contributed by atoms with Crippen LogP contribution in [0.4, 0.5) is 0 Å². The predicted octanol–water partition coefficient (Wildman–Crippen LogP) is 2.18. The molecule has 1 saturated carbocycles. The number of aromatic nitrogens is 3. The van der Waals surface area contributed by atoms with Crippen LogP contribution in [-0.4, -0.2) is 38.4 Å². The van der Waals surface area contributed by atoms with Crippen LogP contribution in [0.2, 0.25) is 0 Å². The SMILES string of the molecule is CCn1c([C@H]2CCN(C(=O)C3CC3)C2)nc2cccnc21. The molecule has 2 aliphatic rings. The lowest BCUT2D eigenvalue weighted by molar-refractivity contribution is -0.131. The van der Waals surface area contributed by atoms with Gasteiger partial charge in [0.1, 0.15) is 11.3 Å². The van der Waals surface area contributed by atoms with E-state index in [0.717, 1.165) is 55.9 Å². The number of nitrogens with zero attached hydrogens (tertiary/aromatic N) is 4. The second-order valence-corrected chi connectivity index (χ2v) is 6.10. The lowest BCUT2D eigenvalue weighted by Gasteiger charge is -2.16. The second-order valence-electron chi connectivity index (χ2n) is 6.10. The van der Waals surface area contributed by atoms with Crippen LogP contribution in [-0.2, 0) is 11.3 Å². The number of amides is 1. The van der Waals surface area contributed by atoms with Gasteiger partial charge in [-0.05, 0) is 38.3 Å². The van der Waals surface area contributed by atoms with Gasteiger partial charge < -0.3 is 9.47 Å². The van der Waals surface area contributed by atoms with E-state index in [1.54, 1.807) is 0 Å². The third-order valence-corrected chi connectivity index (χ3v) is 4.64. The molecule has 21 heavy (non-hydrogen) atoms. The van der Waals surface area contributed by atoms with E-state index in [9.17, 15) is 4.79 Å². The van der Waals surface area contributed by atoms with Crippen molar-refractivity contribution >= 4 is 17.1 Å². The third kappa shape index (κ3) is 2.11. The number of fused-ring (bicyclic) bond motifs is 1. The number of carbonyl (C=O) groups is 1. The Kier molecular flexibility index (Phi) is 2.94. The zero-order valence-electron chi connectivity index (χ0n) is 12.3. The van der Waals surface area contributed by atoms with E-state index in [-0.39, 0.29) is 0 Å². The quantitative estimate of drug-likeness (QED) is 0.868. The van der Waals surface area contributed by atoms with Crippen LogP contribution in [0.5, 0.6) is 0 Å². The fourth-order valence-electron chi connectivity index (χ4n) is 3.36. The van der Waals surface area contributed by atoms with Crippen molar-refractivity contribution in [3.05, 3.63) is 24.2 Å². The highest BCUT2D eigenvalue weighted by Crippen LogP contribution is 2.35. The fourth-order valence-corrected chi connectivity index (χ4v) is 3.36. The van der Waals surface area contributed by atoms with E-state index >= 15 is 0 Å². The van der Waals surface area contributed by atoms with Crippen molar-refractivity contribution in [2.45, 2.75) is 38.6 Å². The summed E-state index contributed by atoms with van der Waals surface area (Å²) in [5, 5.41) is 0. The largest absolute Gasteiger partial charge is 0.342 e. The number of pyridine rings is 1. The first-order chi connectivity index (χ1) is 10.3. The standard InChI is InChI=1S/C16H20N4O/c1-2-20-14(18-13-4-3-8-17-15(13)20)12-7-9-19(10-12)16(21)11-5-6-11/h3-4,8,11-12H,2,5-7,9-10H2,1H3/t12-/m0/s1. The van der Waals surface area contributed by atoms with Crippen LogP contribution in [0.25, 0.3) is 11.2 Å². The number of carbonyl (C=O) groups excluding carboxylic acids is 1. The van der Waals surface area contributed by atoms with Gasteiger partial charge in [-0.2, -0.15) is 0 Å². The molecule has 1 saturated heterocycles. The van der Waals surface area contributed by atoms with Gasteiger partial charge in [-0.15, -0.1) is 0 Å². The molecule has 5 heteroatoms. The van der Waals surface area contributed by atoms with E-state index < -0.39 is 0 Å². The van der Waals surface area contributed by atoms with Gasteiger partial charge in [-0.3, -0.25) is 4.79 Å². The highest BCUT2D eigenvalue weighted by atomic mass is 16.2. The Bertz CT molecular complexity index is 689. The molecular formula is C16H20N4O. The van der Waals surface area contributed by atoms with Gasteiger partial charge in [0.05, 0.1) is 0 Å². The second kappa shape index (κ2) is 4.83. The van der Waals surface area contributed by atoms with Crippen LogP contribution < -0.4 is 0 Å². The van der Waals surface area contributed by atoms with E-state index in [2.05, 4.69) is 16.5 Å². The number of imidazole rings is 1. The van der Waals surface area contributed by atoms with E-state index in [1.807, 2.05) is 23.2 Å². The summed E-state index contributed by atoms with van der Waals surface area (Å²) in [7, 11) is 0. The highest BCUT2D eigenvalue weighted by Gasteiger charge is 2.38. The summed E-state index contributed by atoms with van der Waals surface area (Å²) in [6.07, 6.45) is 4.99. The molecule has 0 radical (unpaired) electrons. The summed E-state index contributed by atoms with van der Waals surface area (Å²) in [4.78, 5) is 23.5. The van der Waals surface area contributed by atoms with Gasteiger partial charge in [0.2, 0.25) is 5.91 Å². The highest BCUT2D eigenvalue weighted by molar-refractivity contribution is 5.81. The number of rotatable bonds is 3. The monoisotopic (exact) mass is 284 g/mol. The lowest BCUT2D eigenvalue weighted by Crippen LogP contribution is -2.29. The van der Waals surface area contributed by atoms with E-state index in [1.165, 1.54) is 0 Å². The Hall–Kier alpha value is -1.91. The topological polar surface area (TPSA) is 51.0 Å². The van der Waals surface area contributed by atoms with Crippen LogP contribution in [0.3, 0.4) is 0 Å². The lowest BCUT2D eigenvalue weighted by atomic mass is 10.1. The summed E-state index contributed by atoms with van der Waals surface area (Å²) in [6, 6.07) is 3.94. The molecule has 1 aliphatic carbocycles. The first-order valence-electron chi connectivity index (χ1n) is 7.88. The smallest absolute Gasteiger partial charge is 0.225 e. The third-order valence-electron chi connectivity index (χ3n) is 4.64. The molecule has 1 amide bonds. The zero-order chi connectivity index (χ0) is 14.4. The van der Waals surface area contributed by atoms with Crippen LogP contribution in [0.1, 0.15) is 37.9 Å². The van der Waals surface area contributed by atoms with Crippen molar-refractivity contribution in [2.75, 3.05) is 13.1 Å². The van der Waals surface area contributed by atoms with E-state index in [4.69, 9.17) is 4.98 Å². The van der Waals surface area contributed by atoms with Crippen molar-refractivity contribution < 1.29 is 4.79 Å². The number of hydrogen-bond donors (Lipinski definition) is 0. The Morgan fingerprint density at radius 3 is 3.00 bits per heavy atom. The molecule has 4 rings (SSSR count). The average molecular weight is 284 g/mol. The van der Waals surface area contributed by atoms with Crippen LogP contribution in [0, 0.1) is 5.92 Å². The van der Waals surface area contributed by atoms with Crippen molar-refractivity contribution in [1.29, 1.82) is 0 Å². The Morgan fingerprint density at radius 2 is 2.24 bits per heavy atom. The molecule has 2 aromatic rings. The number of aryl methyl sites for hydroxylation is 1. The minimum Gasteiger partial charge on any atom is -0.342 e. The molecule has 3 heterocycles. The van der Waals surface area contributed by atoms with Crippen molar-refractivity contribution in [2.24, 2.45) is 5.92 Å². The number of likely N-dealkylation sites (tertiary alicyclic amines) is 1. The Labute approximate surface area is 124 Å². The van der Waals surface area contributed by atoms with Gasteiger partial charge in [0.15, 0.2) is 5.65 Å². The Morgan fingerprint density at radius 1 is 1.38 bits per heavy atom. The molecule has 0 unspecified atom stereocenters. The Balaban J connectivity index is 1.63. The molecule has 0 N–H and O–H groups in total. The molecular weight excluding hydrogens is 264 g/mol. The minimum absolute atomic E-state index is 0.315. The fraction of sp³-hybridized carbons (Fsp3) is 0.562. The van der Waals surface area contributed by atoms with Crippen LogP contribution >= 0.6 is 0 Å². The maximum Gasteiger partial charge on any atom is 0.225 e. The van der Waals surface area contributed by atoms with Gasteiger partial charge in [0, 0.05) is 37.7 Å². The maximum atomic E-state index is 12.2. The summed E-state index contributed by atoms with van der Waals surface area (Å²) < 4.78 is 2.20. The molecule has 110 valence electrons. The minimum atomic E-state index is 0.315. The number of hydrogen-bond acceptors (Lipinski definition) is 3. The summed E-state index contributed by atoms with van der Waals surface area (Å²) in [5.41, 5.74) is 1.92. The molecule has 0 aromatic carbocycles. The summed E-state index contributed by atoms with van der Waals surface area (Å²) in [6.45, 7) is 4.69. The first kappa shape index (κ1) is 12.8. The summed E-state index contributed by atoms with van der Waals surface area (Å²) in [5.74, 6) is 2.12. The van der Waals surface area contributed by atoms with Crippen molar-refractivity contribution in [1.82, 2.24) is 19.4 Å². The van der Waals surface area contributed by atoms with Crippen LogP contribution in [0.15, 0.2) is 18.3 Å². The first-order valence-corrected chi connectivity index (χ1v) is 7.88. The van der Waals surface area contributed by atoms with Gasteiger partial charge in [-0.25, -0.2) is 9.97 Å². The molecule has 1 atom stereocenters. The maximum absolute atomic E-state index is 12.2. The van der Waals surface area contributed by atoms with Crippen molar-refractivity contribution in [3.63, 3.8) is 0 Å². The van der Waals surface area contributed by atoms with E-state index in [0.29, 0.717) is 17.7 Å². The molecule has 1 aliphatic heterocycles. The zero-order valence-corrected chi connectivity index (χ0v) is 12.3.